The first-order valence-electron chi connectivity index (χ1n) is 5.77. The van der Waals surface area contributed by atoms with Crippen molar-refractivity contribution in [1.29, 1.82) is 0 Å². The Bertz CT molecular complexity index is 572. The summed E-state index contributed by atoms with van der Waals surface area (Å²) in [6.45, 7) is 2.16. The van der Waals surface area contributed by atoms with E-state index in [1.165, 1.54) is 0 Å². The number of carbonyl (C=O) groups is 1. The predicted molar refractivity (Wildman–Crippen MR) is 69.5 cm³/mol. The average molecular weight is 265 g/mol. The highest BCUT2D eigenvalue weighted by Gasteiger charge is 2.09. The van der Waals surface area contributed by atoms with Crippen molar-refractivity contribution in [3.63, 3.8) is 0 Å². The van der Waals surface area contributed by atoms with Crippen molar-refractivity contribution in [2.24, 2.45) is 0 Å². The maximum Gasteiger partial charge on any atom is 0.306 e. The van der Waals surface area contributed by atoms with Crippen LogP contribution in [0.3, 0.4) is 0 Å². The average Bonchev–Trinajstić information content (AvgIpc) is 2.36. The number of para-hydroxylation sites is 2. The summed E-state index contributed by atoms with van der Waals surface area (Å²) in [6, 6.07) is 7.49. The maximum atomic E-state index is 11.3. The molecule has 18 heavy (non-hydrogen) atoms. The summed E-state index contributed by atoms with van der Waals surface area (Å²) in [7, 11) is 0. The Hall–Kier alpha value is -1.68. The molecule has 5 heteroatoms. The summed E-state index contributed by atoms with van der Waals surface area (Å²) in [5.74, 6) is -0.247. The van der Waals surface area contributed by atoms with Crippen LogP contribution >= 0.6 is 11.6 Å². The summed E-state index contributed by atoms with van der Waals surface area (Å²) in [5.41, 5.74) is 2.16. The van der Waals surface area contributed by atoms with Gasteiger partial charge in [-0.1, -0.05) is 23.7 Å². The van der Waals surface area contributed by atoms with Crippen molar-refractivity contribution >= 4 is 28.6 Å². The summed E-state index contributed by atoms with van der Waals surface area (Å²) in [6.07, 6.45) is 0.704. The smallest absolute Gasteiger partial charge is 0.306 e. The second-order valence-electron chi connectivity index (χ2n) is 3.75. The molecule has 0 aliphatic rings. The summed E-state index contributed by atoms with van der Waals surface area (Å²) < 4.78 is 4.86. The SMILES string of the molecule is CCOC(=O)CCc1nc2ccccc2nc1Cl. The van der Waals surface area contributed by atoms with Crippen molar-refractivity contribution in [2.45, 2.75) is 19.8 Å². The van der Waals surface area contributed by atoms with E-state index >= 15 is 0 Å². The number of aryl methyl sites for hydroxylation is 1. The number of fused-ring (bicyclic) bond motifs is 1. The van der Waals surface area contributed by atoms with E-state index in [0.717, 1.165) is 11.0 Å². The number of hydrogen-bond acceptors (Lipinski definition) is 4. The third-order valence-corrected chi connectivity index (χ3v) is 2.77. The number of ether oxygens (including phenoxy) is 1. The number of esters is 1. The minimum absolute atomic E-state index is 0.247. The van der Waals surface area contributed by atoms with Gasteiger partial charge in [0.15, 0.2) is 5.15 Å². The van der Waals surface area contributed by atoms with E-state index in [0.29, 0.717) is 23.9 Å². The molecule has 0 saturated heterocycles. The monoisotopic (exact) mass is 264 g/mol. The molecule has 0 aliphatic carbocycles. The van der Waals surface area contributed by atoms with Gasteiger partial charge in [0.05, 0.1) is 29.8 Å². The molecular formula is C13H13ClN2O2. The second kappa shape index (κ2) is 5.78. The molecule has 0 saturated carbocycles. The lowest BCUT2D eigenvalue weighted by molar-refractivity contribution is -0.143. The van der Waals surface area contributed by atoms with Crippen molar-refractivity contribution in [2.75, 3.05) is 6.61 Å². The van der Waals surface area contributed by atoms with Gasteiger partial charge in [-0.25, -0.2) is 9.97 Å². The molecule has 0 amide bonds. The first kappa shape index (κ1) is 12.8. The Morgan fingerprint density at radius 2 is 1.94 bits per heavy atom. The largest absolute Gasteiger partial charge is 0.466 e. The summed E-state index contributed by atoms with van der Waals surface area (Å²) in [4.78, 5) is 19.9. The summed E-state index contributed by atoms with van der Waals surface area (Å²) in [5, 5.41) is 0.345. The molecule has 1 aromatic carbocycles. The zero-order chi connectivity index (χ0) is 13.0. The molecule has 0 bridgehead atoms. The van der Waals surface area contributed by atoms with E-state index in [4.69, 9.17) is 16.3 Å². The van der Waals surface area contributed by atoms with Gasteiger partial charge in [0.2, 0.25) is 0 Å². The fourth-order valence-corrected chi connectivity index (χ4v) is 1.86. The van der Waals surface area contributed by atoms with Crippen molar-refractivity contribution < 1.29 is 9.53 Å². The van der Waals surface area contributed by atoms with Crippen LogP contribution in [-0.4, -0.2) is 22.5 Å². The van der Waals surface area contributed by atoms with Crippen LogP contribution in [-0.2, 0) is 16.0 Å². The van der Waals surface area contributed by atoms with Gasteiger partial charge in [0.25, 0.3) is 0 Å². The van der Waals surface area contributed by atoms with Gasteiger partial charge in [-0.05, 0) is 19.1 Å². The molecule has 4 nitrogen and oxygen atoms in total. The Kier molecular flexibility index (Phi) is 4.10. The normalized spacial score (nSPS) is 10.6. The highest BCUT2D eigenvalue weighted by molar-refractivity contribution is 6.30. The van der Waals surface area contributed by atoms with Gasteiger partial charge in [-0.3, -0.25) is 4.79 Å². The number of benzene rings is 1. The fraction of sp³-hybridized carbons (Fsp3) is 0.308. The molecule has 94 valence electrons. The molecule has 0 radical (unpaired) electrons. The van der Waals surface area contributed by atoms with Crippen molar-refractivity contribution in [3.05, 3.63) is 35.1 Å². The highest BCUT2D eigenvalue weighted by Crippen LogP contribution is 2.18. The molecule has 1 aromatic heterocycles. The van der Waals surface area contributed by atoms with E-state index in [2.05, 4.69) is 9.97 Å². The van der Waals surface area contributed by atoms with Crippen LogP contribution in [0.4, 0.5) is 0 Å². The Labute approximate surface area is 110 Å². The zero-order valence-corrected chi connectivity index (χ0v) is 10.8. The minimum atomic E-state index is -0.247. The lowest BCUT2D eigenvalue weighted by Crippen LogP contribution is -2.06. The number of hydrogen-bond donors (Lipinski definition) is 0. The van der Waals surface area contributed by atoms with Gasteiger partial charge < -0.3 is 4.74 Å². The van der Waals surface area contributed by atoms with Crippen LogP contribution in [0.15, 0.2) is 24.3 Å². The van der Waals surface area contributed by atoms with E-state index < -0.39 is 0 Å². The zero-order valence-electron chi connectivity index (χ0n) is 10.0. The molecule has 0 fully saturated rings. The van der Waals surface area contributed by atoms with Crippen molar-refractivity contribution in [3.8, 4) is 0 Å². The quantitative estimate of drug-likeness (QED) is 0.797. The predicted octanol–water partition coefficient (Wildman–Crippen LogP) is 2.78. The highest BCUT2D eigenvalue weighted by atomic mass is 35.5. The first-order valence-corrected chi connectivity index (χ1v) is 6.15. The van der Waals surface area contributed by atoms with E-state index in [1.54, 1.807) is 6.92 Å². The Morgan fingerprint density at radius 3 is 2.61 bits per heavy atom. The number of aromatic nitrogens is 2. The van der Waals surface area contributed by atoms with Gasteiger partial charge >= 0.3 is 5.97 Å². The summed E-state index contributed by atoms with van der Waals surface area (Å²) >= 11 is 6.04. The molecule has 2 rings (SSSR count). The van der Waals surface area contributed by atoms with Crippen LogP contribution in [0.25, 0.3) is 11.0 Å². The van der Waals surface area contributed by atoms with Gasteiger partial charge in [-0.2, -0.15) is 0 Å². The number of rotatable bonds is 4. The Balaban J connectivity index is 2.17. The van der Waals surface area contributed by atoms with Crippen molar-refractivity contribution in [1.82, 2.24) is 9.97 Å². The topological polar surface area (TPSA) is 52.1 Å². The third kappa shape index (κ3) is 2.96. The standard InChI is InChI=1S/C13H13ClN2O2/c1-2-18-12(17)8-7-11-13(14)16-10-6-4-3-5-9(10)15-11/h3-6H,2,7-8H2,1H3. The number of carbonyl (C=O) groups excluding carboxylic acids is 1. The fourth-order valence-electron chi connectivity index (χ4n) is 1.63. The van der Waals surface area contributed by atoms with E-state index in [-0.39, 0.29) is 12.4 Å². The van der Waals surface area contributed by atoms with Gasteiger partial charge in [0.1, 0.15) is 0 Å². The van der Waals surface area contributed by atoms with Crippen LogP contribution in [0, 0.1) is 0 Å². The lowest BCUT2D eigenvalue weighted by atomic mass is 10.2. The first-order chi connectivity index (χ1) is 8.70. The van der Waals surface area contributed by atoms with Crippen LogP contribution < -0.4 is 0 Å². The lowest BCUT2D eigenvalue weighted by Gasteiger charge is -2.05. The molecule has 0 aliphatic heterocycles. The van der Waals surface area contributed by atoms with Crippen LogP contribution in [0.1, 0.15) is 19.0 Å². The second-order valence-corrected chi connectivity index (χ2v) is 4.11. The van der Waals surface area contributed by atoms with Crippen LogP contribution in [0.2, 0.25) is 5.15 Å². The molecular weight excluding hydrogens is 252 g/mol. The van der Waals surface area contributed by atoms with Gasteiger partial charge in [0, 0.05) is 6.42 Å². The molecule has 0 N–H and O–H groups in total. The van der Waals surface area contributed by atoms with Crippen LogP contribution in [0.5, 0.6) is 0 Å². The third-order valence-electron chi connectivity index (χ3n) is 2.47. The Morgan fingerprint density at radius 1 is 1.28 bits per heavy atom. The maximum absolute atomic E-state index is 11.3. The van der Waals surface area contributed by atoms with E-state index in [1.807, 2.05) is 24.3 Å². The molecule has 0 spiro atoms. The number of halogens is 1. The van der Waals surface area contributed by atoms with Gasteiger partial charge in [-0.15, -0.1) is 0 Å². The van der Waals surface area contributed by atoms with E-state index in [9.17, 15) is 4.79 Å². The number of nitrogens with zero attached hydrogens (tertiary/aromatic N) is 2. The molecule has 2 aromatic rings. The molecule has 0 atom stereocenters. The minimum Gasteiger partial charge on any atom is -0.466 e. The molecule has 1 heterocycles. The molecule has 0 unspecified atom stereocenters.